The SMILES string of the molecule is CCOC1C(CC)CNC2C1C(=O)NC(=O)N2C. The third kappa shape index (κ3) is 2.10. The number of hydrogen-bond donors (Lipinski definition) is 2. The number of imide groups is 1. The van der Waals surface area contributed by atoms with E-state index < -0.39 is 0 Å². The maximum absolute atomic E-state index is 12.1. The average Bonchev–Trinajstić information content (AvgIpc) is 2.36. The highest BCUT2D eigenvalue weighted by molar-refractivity contribution is 5.98. The number of carbonyl (C=O) groups is 2. The molecule has 18 heavy (non-hydrogen) atoms. The number of piperidine rings is 1. The van der Waals surface area contributed by atoms with E-state index in [0.717, 1.165) is 13.0 Å². The van der Waals surface area contributed by atoms with Gasteiger partial charge in [-0.25, -0.2) is 4.79 Å². The molecule has 6 heteroatoms. The van der Waals surface area contributed by atoms with Gasteiger partial charge < -0.3 is 9.64 Å². The van der Waals surface area contributed by atoms with Crippen molar-refractivity contribution in [1.82, 2.24) is 15.5 Å². The van der Waals surface area contributed by atoms with E-state index in [0.29, 0.717) is 12.5 Å². The highest BCUT2D eigenvalue weighted by Gasteiger charge is 2.49. The molecule has 2 aliphatic heterocycles. The minimum atomic E-state index is -0.348. The summed E-state index contributed by atoms with van der Waals surface area (Å²) in [5.74, 6) is -0.253. The lowest BCUT2D eigenvalue weighted by Crippen LogP contribution is -2.70. The molecule has 0 aliphatic carbocycles. The van der Waals surface area contributed by atoms with Gasteiger partial charge in [-0.3, -0.25) is 15.4 Å². The van der Waals surface area contributed by atoms with Crippen LogP contribution in [0.4, 0.5) is 4.79 Å². The van der Waals surface area contributed by atoms with Crippen LogP contribution in [0.2, 0.25) is 0 Å². The molecule has 0 radical (unpaired) electrons. The average molecular weight is 255 g/mol. The van der Waals surface area contributed by atoms with E-state index in [1.54, 1.807) is 11.9 Å². The summed E-state index contributed by atoms with van der Waals surface area (Å²) >= 11 is 0. The quantitative estimate of drug-likeness (QED) is 0.753. The lowest BCUT2D eigenvalue weighted by atomic mass is 9.81. The predicted molar refractivity (Wildman–Crippen MR) is 65.8 cm³/mol. The zero-order chi connectivity index (χ0) is 13.3. The summed E-state index contributed by atoms with van der Waals surface area (Å²) in [5, 5.41) is 5.67. The molecule has 0 aromatic carbocycles. The minimum Gasteiger partial charge on any atom is -0.377 e. The Labute approximate surface area is 107 Å². The maximum Gasteiger partial charge on any atom is 0.325 e. The first-order valence-electron chi connectivity index (χ1n) is 6.52. The van der Waals surface area contributed by atoms with Gasteiger partial charge in [0.2, 0.25) is 5.91 Å². The second-order valence-electron chi connectivity index (χ2n) is 4.87. The molecule has 2 heterocycles. The number of hydrogen-bond acceptors (Lipinski definition) is 4. The third-order valence-corrected chi connectivity index (χ3v) is 3.90. The number of rotatable bonds is 3. The largest absolute Gasteiger partial charge is 0.377 e. The Balaban J connectivity index is 2.24. The molecule has 2 saturated heterocycles. The van der Waals surface area contributed by atoms with E-state index in [2.05, 4.69) is 17.6 Å². The highest BCUT2D eigenvalue weighted by Crippen LogP contribution is 2.30. The van der Waals surface area contributed by atoms with E-state index in [9.17, 15) is 9.59 Å². The van der Waals surface area contributed by atoms with E-state index in [-0.39, 0.29) is 30.1 Å². The highest BCUT2D eigenvalue weighted by atomic mass is 16.5. The van der Waals surface area contributed by atoms with Crippen molar-refractivity contribution in [3.05, 3.63) is 0 Å². The van der Waals surface area contributed by atoms with Crippen LogP contribution < -0.4 is 10.6 Å². The van der Waals surface area contributed by atoms with Gasteiger partial charge in [0.25, 0.3) is 0 Å². The molecule has 0 bridgehead atoms. The van der Waals surface area contributed by atoms with E-state index in [1.165, 1.54) is 0 Å². The van der Waals surface area contributed by atoms with Gasteiger partial charge in [-0.05, 0) is 19.3 Å². The number of amides is 3. The van der Waals surface area contributed by atoms with Crippen LogP contribution in [0.25, 0.3) is 0 Å². The molecule has 2 rings (SSSR count). The summed E-state index contributed by atoms with van der Waals surface area (Å²) in [7, 11) is 1.70. The van der Waals surface area contributed by atoms with Gasteiger partial charge in [-0.15, -0.1) is 0 Å². The monoisotopic (exact) mass is 255 g/mol. The Morgan fingerprint density at radius 2 is 2.11 bits per heavy atom. The normalized spacial score (nSPS) is 36.3. The molecule has 2 N–H and O–H groups in total. The van der Waals surface area contributed by atoms with Gasteiger partial charge in [0.15, 0.2) is 0 Å². The first kappa shape index (κ1) is 13.3. The van der Waals surface area contributed by atoms with Crippen molar-refractivity contribution in [3.8, 4) is 0 Å². The van der Waals surface area contributed by atoms with Crippen LogP contribution in [0.15, 0.2) is 0 Å². The number of nitrogens with zero attached hydrogens (tertiary/aromatic N) is 1. The van der Waals surface area contributed by atoms with E-state index in [4.69, 9.17) is 4.74 Å². The van der Waals surface area contributed by atoms with Gasteiger partial charge >= 0.3 is 6.03 Å². The van der Waals surface area contributed by atoms with Crippen LogP contribution in [0.3, 0.4) is 0 Å². The van der Waals surface area contributed by atoms with Gasteiger partial charge in [-0.1, -0.05) is 6.92 Å². The Kier molecular flexibility index (Phi) is 3.87. The molecule has 4 unspecified atom stereocenters. The summed E-state index contributed by atoms with van der Waals surface area (Å²) in [6, 6.07) is -0.348. The molecule has 2 aliphatic rings. The lowest BCUT2D eigenvalue weighted by molar-refractivity contribution is -0.144. The fraction of sp³-hybridized carbons (Fsp3) is 0.833. The minimum absolute atomic E-state index is 0.123. The van der Waals surface area contributed by atoms with Gasteiger partial charge in [0, 0.05) is 20.2 Å². The van der Waals surface area contributed by atoms with Crippen molar-refractivity contribution < 1.29 is 14.3 Å². The molecule has 0 spiro atoms. The van der Waals surface area contributed by atoms with Crippen LogP contribution in [-0.2, 0) is 9.53 Å². The second-order valence-corrected chi connectivity index (χ2v) is 4.87. The summed E-state index contributed by atoms with van der Waals surface area (Å²) < 4.78 is 5.77. The Bertz CT molecular complexity index is 347. The van der Waals surface area contributed by atoms with Crippen LogP contribution in [-0.4, -0.2) is 49.3 Å². The number of ether oxygens (including phenoxy) is 1. The van der Waals surface area contributed by atoms with Crippen LogP contribution in [0, 0.1) is 11.8 Å². The predicted octanol–water partition coefficient (Wildman–Crippen LogP) is 0.145. The summed E-state index contributed by atoms with van der Waals surface area (Å²) in [5.41, 5.74) is 0. The zero-order valence-corrected chi connectivity index (χ0v) is 11.1. The topological polar surface area (TPSA) is 70.7 Å². The van der Waals surface area contributed by atoms with E-state index >= 15 is 0 Å². The third-order valence-electron chi connectivity index (χ3n) is 3.90. The fourth-order valence-corrected chi connectivity index (χ4v) is 2.87. The lowest BCUT2D eigenvalue weighted by Gasteiger charge is -2.47. The summed E-state index contributed by atoms with van der Waals surface area (Å²) in [4.78, 5) is 25.2. The molecule has 102 valence electrons. The van der Waals surface area contributed by atoms with Crippen molar-refractivity contribution in [2.75, 3.05) is 20.2 Å². The molecule has 0 aromatic rings. The number of urea groups is 1. The van der Waals surface area contributed by atoms with Gasteiger partial charge in [0.1, 0.15) is 0 Å². The maximum atomic E-state index is 12.1. The van der Waals surface area contributed by atoms with Crippen LogP contribution in [0.1, 0.15) is 20.3 Å². The molecular weight excluding hydrogens is 234 g/mol. The Morgan fingerprint density at radius 3 is 2.72 bits per heavy atom. The van der Waals surface area contributed by atoms with Gasteiger partial charge in [0.05, 0.1) is 18.2 Å². The fourth-order valence-electron chi connectivity index (χ4n) is 2.87. The number of carbonyl (C=O) groups excluding carboxylic acids is 2. The van der Waals surface area contributed by atoms with Crippen molar-refractivity contribution in [3.63, 3.8) is 0 Å². The molecule has 3 amide bonds. The van der Waals surface area contributed by atoms with Crippen molar-refractivity contribution in [2.45, 2.75) is 32.5 Å². The standard InChI is InChI=1S/C12H21N3O3/c1-4-7-6-13-10-8(9(7)18-5-2)11(16)14-12(17)15(10)3/h7-10,13H,4-6H2,1-3H3,(H,14,16,17). The first-order chi connectivity index (χ1) is 8.60. The second kappa shape index (κ2) is 5.24. The van der Waals surface area contributed by atoms with Crippen molar-refractivity contribution >= 4 is 11.9 Å². The Morgan fingerprint density at radius 1 is 1.39 bits per heavy atom. The van der Waals surface area contributed by atoms with E-state index in [1.807, 2.05) is 6.92 Å². The van der Waals surface area contributed by atoms with Crippen LogP contribution >= 0.6 is 0 Å². The molecular formula is C12H21N3O3. The molecule has 6 nitrogen and oxygen atoms in total. The number of nitrogens with one attached hydrogen (secondary N) is 2. The van der Waals surface area contributed by atoms with Crippen molar-refractivity contribution in [2.24, 2.45) is 11.8 Å². The van der Waals surface area contributed by atoms with Crippen molar-refractivity contribution in [1.29, 1.82) is 0 Å². The molecule has 0 aromatic heterocycles. The first-order valence-corrected chi connectivity index (χ1v) is 6.52. The Hall–Kier alpha value is -1.14. The number of fused-ring (bicyclic) bond motifs is 1. The smallest absolute Gasteiger partial charge is 0.325 e. The summed E-state index contributed by atoms with van der Waals surface area (Å²) in [6.45, 7) is 5.37. The van der Waals surface area contributed by atoms with Gasteiger partial charge in [-0.2, -0.15) is 0 Å². The molecule has 2 fully saturated rings. The molecule has 0 saturated carbocycles. The summed E-state index contributed by atoms with van der Waals surface area (Å²) in [6.07, 6.45) is 0.568. The van der Waals surface area contributed by atoms with Crippen LogP contribution in [0.5, 0.6) is 0 Å². The zero-order valence-electron chi connectivity index (χ0n) is 11.1. The molecule has 4 atom stereocenters.